The van der Waals surface area contributed by atoms with Crippen molar-refractivity contribution >= 4 is 61.8 Å². The summed E-state index contributed by atoms with van der Waals surface area (Å²) >= 11 is 2.30. The van der Waals surface area contributed by atoms with Crippen LogP contribution in [0.5, 0.6) is 0 Å². The smallest absolute Gasteiger partial charge is 0.277 e. The summed E-state index contributed by atoms with van der Waals surface area (Å²) in [7, 11) is 0. The number of rotatable bonds is 6. The largest absolute Gasteiger partial charge is 0.382 e. The number of thioether (sulfide) groups is 1. The van der Waals surface area contributed by atoms with Gasteiger partial charge >= 0.3 is 0 Å². The fourth-order valence-corrected chi connectivity index (χ4v) is 4.25. The van der Waals surface area contributed by atoms with Crippen molar-refractivity contribution in [3.63, 3.8) is 0 Å². The van der Waals surface area contributed by atoms with Gasteiger partial charge in [0.05, 0.1) is 21.5 Å². The van der Waals surface area contributed by atoms with Gasteiger partial charge in [-0.2, -0.15) is 0 Å². The predicted molar refractivity (Wildman–Crippen MR) is 123 cm³/mol. The van der Waals surface area contributed by atoms with Crippen LogP contribution >= 0.6 is 23.1 Å². The van der Waals surface area contributed by atoms with Crippen LogP contribution in [0.3, 0.4) is 0 Å². The maximum Gasteiger partial charge on any atom is 0.277 e. The molecule has 0 bridgehead atoms. The Morgan fingerprint density at radius 3 is 2.59 bits per heavy atom. The number of para-hydroxylation sites is 1. The highest BCUT2D eigenvalue weighted by molar-refractivity contribution is 7.99. The van der Waals surface area contributed by atoms with E-state index in [1.54, 1.807) is 0 Å². The standard InChI is InChI=1S/C20H15FN6O3S2/c21-11-6-2-1-5-10(11)17(29)25-15-16(22)26-19(27-18(15)30)31-9-14(28)24-20-23-12-7-3-4-8-13(12)32-20/h1-8H,9H2,(H,25,29)(H,23,24,28)(H3,22,26,27,30). The van der Waals surface area contributed by atoms with Crippen LogP contribution < -0.4 is 21.9 Å². The Labute approximate surface area is 188 Å². The number of anilines is 3. The van der Waals surface area contributed by atoms with E-state index in [-0.39, 0.29) is 33.9 Å². The average molecular weight is 471 g/mol. The number of carbonyl (C=O) groups is 2. The van der Waals surface area contributed by atoms with Gasteiger partial charge in [-0.1, -0.05) is 47.4 Å². The molecule has 4 aromatic rings. The van der Waals surface area contributed by atoms with Gasteiger partial charge in [0.25, 0.3) is 11.5 Å². The van der Waals surface area contributed by atoms with Gasteiger partial charge in [0.1, 0.15) is 11.5 Å². The Kier molecular flexibility index (Phi) is 6.14. The highest BCUT2D eigenvalue weighted by Gasteiger charge is 2.17. The SMILES string of the molecule is Nc1nc(SCC(=O)Nc2nc3ccccc3s2)[nH]c(=O)c1NC(=O)c1ccccc1F. The minimum Gasteiger partial charge on any atom is -0.382 e. The molecular weight excluding hydrogens is 455 g/mol. The molecule has 0 aliphatic heterocycles. The normalized spacial score (nSPS) is 10.8. The fraction of sp³-hybridized carbons (Fsp3) is 0.0500. The van der Waals surface area contributed by atoms with E-state index in [0.29, 0.717) is 5.13 Å². The van der Waals surface area contributed by atoms with Crippen molar-refractivity contribution in [2.24, 2.45) is 0 Å². The molecule has 0 unspecified atom stereocenters. The molecular formula is C20H15FN6O3S2. The van der Waals surface area contributed by atoms with Gasteiger partial charge in [0.2, 0.25) is 5.91 Å². The number of nitrogens with zero attached hydrogens (tertiary/aromatic N) is 2. The lowest BCUT2D eigenvalue weighted by Crippen LogP contribution is -2.24. The maximum atomic E-state index is 13.8. The number of halogens is 1. The van der Waals surface area contributed by atoms with Crippen molar-refractivity contribution in [2.45, 2.75) is 5.16 Å². The topological polar surface area (TPSA) is 143 Å². The first-order valence-electron chi connectivity index (χ1n) is 9.14. The quantitative estimate of drug-likeness (QED) is 0.250. The second-order valence-electron chi connectivity index (χ2n) is 6.39. The number of nitrogen functional groups attached to an aromatic ring is 1. The number of aromatic nitrogens is 3. The zero-order chi connectivity index (χ0) is 22.7. The van der Waals surface area contributed by atoms with E-state index in [4.69, 9.17) is 5.73 Å². The van der Waals surface area contributed by atoms with Gasteiger partial charge in [-0.15, -0.1) is 0 Å². The molecule has 162 valence electrons. The number of hydrogen-bond donors (Lipinski definition) is 4. The van der Waals surface area contributed by atoms with Crippen LogP contribution in [0.2, 0.25) is 0 Å². The lowest BCUT2D eigenvalue weighted by atomic mass is 10.2. The highest BCUT2D eigenvalue weighted by atomic mass is 32.2. The summed E-state index contributed by atoms with van der Waals surface area (Å²) in [5, 5.41) is 5.52. The number of carbonyl (C=O) groups excluding carboxylic acids is 2. The fourth-order valence-electron chi connectivity index (χ4n) is 2.70. The molecule has 2 aromatic heterocycles. The number of thiazole rings is 1. The molecule has 0 atom stereocenters. The lowest BCUT2D eigenvalue weighted by Gasteiger charge is -2.09. The third kappa shape index (κ3) is 4.76. The van der Waals surface area contributed by atoms with Gasteiger partial charge in [-0.25, -0.2) is 14.4 Å². The van der Waals surface area contributed by atoms with Crippen LogP contribution in [0.4, 0.5) is 21.0 Å². The molecule has 2 amide bonds. The summed E-state index contributed by atoms with van der Waals surface area (Å²) < 4.78 is 14.7. The number of nitrogens with two attached hydrogens (primary N) is 1. The number of amides is 2. The monoisotopic (exact) mass is 470 g/mol. The number of hydrogen-bond acceptors (Lipinski definition) is 8. The van der Waals surface area contributed by atoms with Crippen LogP contribution in [0, 0.1) is 5.82 Å². The van der Waals surface area contributed by atoms with Crippen molar-refractivity contribution in [1.29, 1.82) is 0 Å². The molecule has 2 aromatic carbocycles. The first kappa shape index (κ1) is 21.5. The van der Waals surface area contributed by atoms with Crippen molar-refractivity contribution in [2.75, 3.05) is 22.1 Å². The van der Waals surface area contributed by atoms with Crippen LogP contribution in [0.25, 0.3) is 10.2 Å². The molecule has 2 heterocycles. The molecule has 0 radical (unpaired) electrons. The zero-order valence-corrected chi connectivity index (χ0v) is 17.8. The molecule has 0 aliphatic rings. The third-order valence-corrected chi connectivity index (χ3v) is 5.99. The highest BCUT2D eigenvalue weighted by Crippen LogP contribution is 2.26. The zero-order valence-electron chi connectivity index (χ0n) is 16.2. The Hall–Kier alpha value is -3.77. The minimum atomic E-state index is -0.835. The number of benzene rings is 2. The van der Waals surface area contributed by atoms with E-state index in [1.807, 2.05) is 24.3 Å². The van der Waals surface area contributed by atoms with E-state index >= 15 is 0 Å². The minimum absolute atomic E-state index is 0.0563. The summed E-state index contributed by atoms with van der Waals surface area (Å²) in [4.78, 5) is 47.6. The van der Waals surface area contributed by atoms with Crippen LogP contribution in [-0.2, 0) is 4.79 Å². The van der Waals surface area contributed by atoms with Crippen molar-refractivity contribution in [3.05, 3.63) is 70.3 Å². The Balaban J connectivity index is 1.40. The Morgan fingerprint density at radius 1 is 1.09 bits per heavy atom. The number of aromatic amines is 1. The first-order chi connectivity index (χ1) is 15.4. The molecule has 0 spiro atoms. The second-order valence-corrected chi connectivity index (χ2v) is 8.38. The third-order valence-electron chi connectivity index (χ3n) is 4.16. The van der Waals surface area contributed by atoms with E-state index in [0.717, 1.165) is 28.0 Å². The molecule has 5 N–H and O–H groups in total. The predicted octanol–water partition coefficient (Wildman–Crippen LogP) is 3.08. The maximum absolute atomic E-state index is 13.8. The van der Waals surface area contributed by atoms with Crippen LogP contribution in [0.15, 0.2) is 58.5 Å². The van der Waals surface area contributed by atoms with Gasteiger partial charge in [-0.3, -0.25) is 19.4 Å². The summed E-state index contributed by atoms with van der Waals surface area (Å²) in [5.74, 6) is -2.23. The summed E-state index contributed by atoms with van der Waals surface area (Å²) in [6.45, 7) is 0. The molecule has 32 heavy (non-hydrogen) atoms. The molecule has 4 rings (SSSR count). The van der Waals surface area contributed by atoms with E-state index in [2.05, 4.69) is 25.6 Å². The van der Waals surface area contributed by atoms with Gasteiger partial charge in [0, 0.05) is 0 Å². The number of fused-ring (bicyclic) bond motifs is 1. The van der Waals surface area contributed by atoms with Crippen molar-refractivity contribution < 1.29 is 14.0 Å². The van der Waals surface area contributed by atoms with Gasteiger partial charge in [-0.05, 0) is 24.3 Å². The van der Waals surface area contributed by atoms with Crippen LogP contribution in [-0.4, -0.2) is 32.5 Å². The second kappa shape index (κ2) is 9.16. The van der Waals surface area contributed by atoms with Crippen molar-refractivity contribution in [1.82, 2.24) is 15.0 Å². The van der Waals surface area contributed by atoms with Crippen LogP contribution in [0.1, 0.15) is 10.4 Å². The average Bonchev–Trinajstić information content (AvgIpc) is 3.17. The number of H-pyrrole nitrogens is 1. The Bertz CT molecular complexity index is 1350. The van der Waals surface area contributed by atoms with Gasteiger partial charge < -0.3 is 16.4 Å². The summed E-state index contributed by atoms with van der Waals surface area (Å²) in [6.07, 6.45) is 0. The molecule has 0 saturated heterocycles. The molecule has 0 fully saturated rings. The first-order valence-corrected chi connectivity index (χ1v) is 10.9. The molecule has 12 heteroatoms. The van der Waals surface area contributed by atoms with Gasteiger partial charge in [0.15, 0.2) is 16.1 Å². The summed E-state index contributed by atoms with van der Waals surface area (Å²) in [6, 6.07) is 12.8. The van der Waals surface area contributed by atoms with Crippen molar-refractivity contribution in [3.8, 4) is 0 Å². The van der Waals surface area contributed by atoms with E-state index in [9.17, 15) is 18.8 Å². The molecule has 9 nitrogen and oxygen atoms in total. The van der Waals surface area contributed by atoms with E-state index in [1.165, 1.54) is 29.5 Å². The van der Waals surface area contributed by atoms with E-state index < -0.39 is 17.3 Å². The lowest BCUT2D eigenvalue weighted by molar-refractivity contribution is -0.113. The molecule has 0 aliphatic carbocycles. The summed E-state index contributed by atoms with van der Waals surface area (Å²) in [5.41, 5.74) is 5.31. The molecule has 0 saturated carbocycles. The Morgan fingerprint density at radius 2 is 1.84 bits per heavy atom. The number of nitrogens with one attached hydrogen (secondary N) is 3.